The van der Waals surface area contributed by atoms with Gasteiger partial charge in [-0.3, -0.25) is 9.59 Å². The Balaban J connectivity index is 1.30. The van der Waals surface area contributed by atoms with Gasteiger partial charge >= 0.3 is 6.18 Å². The summed E-state index contributed by atoms with van der Waals surface area (Å²) in [5, 5.41) is 3.00. The molecular weight excluding hydrogens is 451 g/mol. The van der Waals surface area contributed by atoms with Crippen LogP contribution in [0.4, 0.5) is 13.2 Å². The molecule has 4 rings (SSSR count). The summed E-state index contributed by atoms with van der Waals surface area (Å²) >= 11 is 1.59. The van der Waals surface area contributed by atoms with E-state index in [1.165, 1.54) is 12.1 Å². The van der Waals surface area contributed by atoms with E-state index < -0.39 is 11.7 Å². The fourth-order valence-corrected chi connectivity index (χ4v) is 4.34. The summed E-state index contributed by atoms with van der Waals surface area (Å²) in [5.41, 5.74) is 2.25. The van der Waals surface area contributed by atoms with Crippen molar-refractivity contribution in [3.63, 3.8) is 0 Å². The van der Waals surface area contributed by atoms with Gasteiger partial charge in [-0.15, -0.1) is 11.3 Å². The maximum atomic E-state index is 12.7. The van der Waals surface area contributed by atoms with E-state index in [1.807, 2.05) is 36.6 Å². The number of halogens is 3. The van der Waals surface area contributed by atoms with Crippen LogP contribution in [0.15, 0.2) is 53.9 Å². The number of aromatic nitrogens is 1. The molecule has 0 N–H and O–H groups in total. The van der Waals surface area contributed by atoms with E-state index in [0.29, 0.717) is 26.2 Å². The number of piperazine rings is 1. The van der Waals surface area contributed by atoms with Gasteiger partial charge in [0.2, 0.25) is 5.91 Å². The van der Waals surface area contributed by atoms with Crippen LogP contribution in [0.25, 0.3) is 11.3 Å². The molecule has 172 valence electrons. The first-order valence-electron chi connectivity index (χ1n) is 10.5. The van der Waals surface area contributed by atoms with Gasteiger partial charge in [0.05, 0.1) is 22.7 Å². The molecule has 1 saturated heterocycles. The lowest BCUT2D eigenvalue weighted by molar-refractivity contribution is -0.137. The van der Waals surface area contributed by atoms with Gasteiger partial charge in [-0.2, -0.15) is 13.2 Å². The summed E-state index contributed by atoms with van der Waals surface area (Å²) in [4.78, 5) is 33.1. The average molecular weight is 474 g/mol. The van der Waals surface area contributed by atoms with E-state index >= 15 is 0 Å². The van der Waals surface area contributed by atoms with Crippen LogP contribution >= 0.6 is 11.3 Å². The second-order valence-electron chi connectivity index (χ2n) is 7.87. The van der Waals surface area contributed by atoms with Crippen LogP contribution in [-0.4, -0.2) is 52.8 Å². The third-order valence-corrected chi connectivity index (χ3v) is 6.38. The lowest BCUT2D eigenvalue weighted by atomic mass is 10.1. The highest BCUT2D eigenvalue weighted by molar-refractivity contribution is 7.09. The van der Waals surface area contributed by atoms with Crippen LogP contribution < -0.4 is 0 Å². The van der Waals surface area contributed by atoms with Gasteiger partial charge in [-0.05, 0) is 36.8 Å². The zero-order chi connectivity index (χ0) is 23.6. The number of rotatable bonds is 4. The van der Waals surface area contributed by atoms with Crippen LogP contribution in [0.5, 0.6) is 0 Å². The minimum Gasteiger partial charge on any atom is -0.339 e. The fraction of sp³-hybridized carbons (Fsp3) is 0.292. The Bertz CT molecular complexity index is 1130. The number of hydrogen-bond acceptors (Lipinski definition) is 4. The summed E-state index contributed by atoms with van der Waals surface area (Å²) in [6, 6.07) is 12.0. The Labute approximate surface area is 193 Å². The highest BCUT2D eigenvalue weighted by Gasteiger charge is 2.31. The number of benzene rings is 2. The maximum Gasteiger partial charge on any atom is 0.416 e. The Morgan fingerprint density at radius 2 is 1.55 bits per heavy atom. The predicted molar refractivity (Wildman–Crippen MR) is 120 cm³/mol. The Hall–Kier alpha value is -3.20. The smallest absolute Gasteiger partial charge is 0.339 e. The molecule has 0 radical (unpaired) electrons. The molecule has 0 spiro atoms. The van der Waals surface area contributed by atoms with E-state index in [9.17, 15) is 22.8 Å². The van der Waals surface area contributed by atoms with Crippen molar-refractivity contribution in [2.24, 2.45) is 0 Å². The third-order valence-electron chi connectivity index (χ3n) is 5.60. The number of carbonyl (C=O) groups excluding carboxylic acids is 2. The van der Waals surface area contributed by atoms with Gasteiger partial charge in [0.25, 0.3) is 5.91 Å². The van der Waals surface area contributed by atoms with E-state index in [2.05, 4.69) is 4.98 Å². The molecule has 2 heterocycles. The number of alkyl halides is 3. The third kappa shape index (κ3) is 5.42. The molecule has 2 aromatic carbocycles. The number of aryl methyl sites for hydroxylation is 1. The van der Waals surface area contributed by atoms with Crippen molar-refractivity contribution >= 4 is 23.2 Å². The maximum absolute atomic E-state index is 12.7. The van der Waals surface area contributed by atoms with Crippen molar-refractivity contribution in [2.75, 3.05) is 26.2 Å². The zero-order valence-corrected chi connectivity index (χ0v) is 18.7. The van der Waals surface area contributed by atoms with Crippen LogP contribution in [-0.2, 0) is 17.4 Å². The molecule has 0 saturated carbocycles. The number of nitrogens with zero attached hydrogens (tertiary/aromatic N) is 3. The standard InChI is InChI=1S/C24H22F3N3O2S/c1-16-28-21(15-33-16)18-4-2-17(3-5-18)14-22(31)29-10-12-30(13-11-29)23(32)19-6-8-20(9-7-19)24(25,26)27/h2-9,15H,10-14H2,1H3. The molecule has 1 aliphatic rings. The van der Waals surface area contributed by atoms with E-state index in [-0.39, 0.29) is 23.8 Å². The van der Waals surface area contributed by atoms with E-state index in [0.717, 1.165) is 34.0 Å². The normalized spacial score (nSPS) is 14.4. The minimum atomic E-state index is -4.44. The average Bonchev–Trinajstić information content (AvgIpc) is 3.25. The molecule has 5 nitrogen and oxygen atoms in total. The number of amides is 2. The SMILES string of the molecule is Cc1nc(-c2ccc(CC(=O)N3CCN(C(=O)c4ccc(C(F)(F)F)cc4)CC3)cc2)cs1. The molecule has 2 amide bonds. The monoisotopic (exact) mass is 473 g/mol. The molecule has 1 aliphatic heterocycles. The number of hydrogen-bond donors (Lipinski definition) is 0. The largest absolute Gasteiger partial charge is 0.416 e. The minimum absolute atomic E-state index is 0.0196. The van der Waals surface area contributed by atoms with Crippen molar-refractivity contribution < 1.29 is 22.8 Å². The Kier molecular flexibility index (Phi) is 6.51. The molecule has 0 atom stereocenters. The quantitative estimate of drug-likeness (QED) is 0.554. The molecular formula is C24H22F3N3O2S. The summed E-state index contributed by atoms with van der Waals surface area (Å²) in [6.45, 7) is 3.42. The van der Waals surface area contributed by atoms with Gasteiger partial charge in [-0.25, -0.2) is 4.98 Å². The van der Waals surface area contributed by atoms with Gasteiger partial charge in [0.15, 0.2) is 0 Å². The van der Waals surface area contributed by atoms with Crippen molar-refractivity contribution in [2.45, 2.75) is 19.5 Å². The first-order chi connectivity index (χ1) is 15.7. The first kappa shape index (κ1) is 23.0. The zero-order valence-electron chi connectivity index (χ0n) is 17.9. The molecule has 1 fully saturated rings. The van der Waals surface area contributed by atoms with Crippen LogP contribution in [0.2, 0.25) is 0 Å². The van der Waals surface area contributed by atoms with Crippen LogP contribution in [0, 0.1) is 6.92 Å². The van der Waals surface area contributed by atoms with Gasteiger partial charge < -0.3 is 9.80 Å². The number of thiazole rings is 1. The molecule has 0 bridgehead atoms. The van der Waals surface area contributed by atoms with Crippen LogP contribution in [0.1, 0.15) is 26.5 Å². The fourth-order valence-electron chi connectivity index (χ4n) is 3.72. The molecule has 0 unspecified atom stereocenters. The van der Waals surface area contributed by atoms with Crippen LogP contribution in [0.3, 0.4) is 0 Å². The van der Waals surface area contributed by atoms with Gasteiger partial charge in [0, 0.05) is 42.7 Å². The van der Waals surface area contributed by atoms with Gasteiger partial charge in [-0.1, -0.05) is 24.3 Å². The van der Waals surface area contributed by atoms with Crippen molar-refractivity contribution in [3.05, 3.63) is 75.6 Å². The highest BCUT2D eigenvalue weighted by Crippen LogP contribution is 2.29. The van der Waals surface area contributed by atoms with Crippen molar-refractivity contribution in [1.82, 2.24) is 14.8 Å². The topological polar surface area (TPSA) is 53.5 Å². The molecule has 0 aliphatic carbocycles. The lowest BCUT2D eigenvalue weighted by Crippen LogP contribution is -2.51. The number of carbonyl (C=O) groups is 2. The molecule has 9 heteroatoms. The summed E-state index contributed by atoms with van der Waals surface area (Å²) in [7, 11) is 0. The van der Waals surface area contributed by atoms with Crippen molar-refractivity contribution in [3.8, 4) is 11.3 Å². The summed E-state index contributed by atoms with van der Waals surface area (Å²) in [5.74, 6) is -0.349. The first-order valence-corrected chi connectivity index (χ1v) is 11.3. The van der Waals surface area contributed by atoms with E-state index in [4.69, 9.17) is 0 Å². The summed E-state index contributed by atoms with van der Waals surface area (Å²) < 4.78 is 38.1. The van der Waals surface area contributed by atoms with E-state index in [1.54, 1.807) is 21.1 Å². The lowest BCUT2D eigenvalue weighted by Gasteiger charge is -2.35. The second-order valence-corrected chi connectivity index (χ2v) is 8.94. The summed E-state index contributed by atoms with van der Waals surface area (Å²) in [6.07, 6.45) is -4.17. The molecule has 3 aromatic rings. The second kappa shape index (κ2) is 9.35. The van der Waals surface area contributed by atoms with Crippen molar-refractivity contribution in [1.29, 1.82) is 0 Å². The molecule has 33 heavy (non-hydrogen) atoms. The van der Waals surface area contributed by atoms with Gasteiger partial charge in [0.1, 0.15) is 0 Å². The Morgan fingerprint density at radius 3 is 2.09 bits per heavy atom. The predicted octanol–water partition coefficient (Wildman–Crippen LogP) is 4.66. The highest BCUT2D eigenvalue weighted by atomic mass is 32.1. The Morgan fingerprint density at radius 1 is 0.939 bits per heavy atom. The molecule has 1 aromatic heterocycles.